The van der Waals surface area contributed by atoms with E-state index in [4.69, 9.17) is 11.6 Å². The van der Waals surface area contributed by atoms with Crippen molar-refractivity contribution in [3.63, 3.8) is 0 Å². The van der Waals surface area contributed by atoms with Gasteiger partial charge in [-0.25, -0.2) is 4.39 Å². The van der Waals surface area contributed by atoms with Crippen molar-refractivity contribution in [1.29, 1.82) is 0 Å². The molecule has 2 atom stereocenters. The molecule has 1 heterocycles. The van der Waals surface area contributed by atoms with Gasteiger partial charge in [0.1, 0.15) is 5.82 Å². The van der Waals surface area contributed by atoms with E-state index in [1.165, 1.54) is 12.3 Å². The van der Waals surface area contributed by atoms with Gasteiger partial charge in [-0.1, -0.05) is 36.7 Å². The third kappa shape index (κ3) is 3.56. The predicted octanol–water partition coefficient (Wildman–Crippen LogP) is 4.68. The fourth-order valence-corrected chi connectivity index (χ4v) is 2.52. The van der Waals surface area contributed by atoms with E-state index in [9.17, 15) is 4.39 Å². The highest BCUT2D eigenvalue weighted by Crippen LogP contribution is 2.25. The highest BCUT2D eigenvalue weighted by Gasteiger charge is 2.16. The van der Waals surface area contributed by atoms with Crippen molar-refractivity contribution in [2.45, 2.75) is 32.4 Å². The zero-order valence-electron chi connectivity index (χ0n) is 11.6. The molecule has 2 aromatic rings. The summed E-state index contributed by atoms with van der Waals surface area (Å²) >= 11 is 6.21. The van der Waals surface area contributed by atoms with Crippen LogP contribution in [0, 0.1) is 5.82 Å². The van der Waals surface area contributed by atoms with Crippen molar-refractivity contribution in [2.24, 2.45) is 0 Å². The third-order valence-electron chi connectivity index (χ3n) is 3.34. The molecule has 0 aliphatic heterocycles. The Balaban J connectivity index is 2.14. The summed E-state index contributed by atoms with van der Waals surface area (Å²) in [6.07, 6.45) is 2.12. The average molecular weight is 293 g/mol. The lowest BCUT2D eigenvalue weighted by Crippen LogP contribution is -2.25. The number of nitrogens with zero attached hydrogens (tertiary/aromatic N) is 1. The van der Waals surface area contributed by atoms with Crippen molar-refractivity contribution in [3.05, 3.63) is 64.7 Å². The molecule has 2 rings (SSSR count). The summed E-state index contributed by atoms with van der Waals surface area (Å²) in [6.45, 7) is 4.13. The highest BCUT2D eigenvalue weighted by atomic mass is 35.5. The molecule has 0 spiro atoms. The van der Waals surface area contributed by atoms with Crippen LogP contribution in [-0.2, 0) is 0 Å². The van der Waals surface area contributed by atoms with Gasteiger partial charge >= 0.3 is 0 Å². The Morgan fingerprint density at radius 2 is 2.00 bits per heavy atom. The molecule has 0 aliphatic carbocycles. The van der Waals surface area contributed by atoms with Crippen LogP contribution in [0.3, 0.4) is 0 Å². The highest BCUT2D eigenvalue weighted by molar-refractivity contribution is 6.31. The van der Waals surface area contributed by atoms with Crippen molar-refractivity contribution >= 4 is 11.6 Å². The summed E-state index contributed by atoms with van der Waals surface area (Å²) in [5.41, 5.74) is 1.89. The van der Waals surface area contributed by atoms with Gasteiger partial charge in [0.25, 0.3) is 0 Å². The van der Waals surface area contributed by atoms with E-state index in [0.29, 0.717) is 0 Å². The zero-order chi connectivity index (χ0) is 14.5. The molecule has 106 valence electrons. The van der Waals surface area contributed by atoms with Crippen LogP contribution in [0.5, 0.6) is 0 Å². The van der Waals surface area contributed by atoms with Crippen LogP contribution >= 0.6 is 11.6 Å². The molecule has 0 saturated carbocycles. The Labute approximate surface area is 124 Å². The summed E-state index contributed by atoms with van der Waals surface area (Å²) in [5, 5.41) is 4.23. The quantitative estimate of drug-likeness (QED) is 0.866. The first kappa shape index (κ1) is 14.9. The second-order valence-corrected chi connectivity index (χ2v) is 5.18. The van der Waals surface area contributed by atoms with Crippen LogP contribution in [0.2, 0.25) is 5.02 Å². The number of hydrogen-bond donors (Lipinski definition) is 1. The monoisotopic (exact) mass is 292 g/mol. The lowest BCUT2D eigenvalue weighted by Gasteiger charge is -2.23. The van der Waals surface area contributed by atoms with E-state index < -0.39 is 0 Å². The molecular weight excluding hydrogens is 275 g/mol. The summed E-state index contributed by atoms with van der Waals surface area (Å²) in [4.78, 5) is 4.15. The average Bonchev–Trinajstić information content (AvgIpc) is 2.46. The Kier molecular flexibility index (Phi) is 5.10. The van der Waals surface area contributed by atoms with Crippen molar-refractivity contribution in [1.82, 2.24) is 10.3 Å². The van der Waals surface area contributed by atoms with Crippen LogP contribution in [0.4, 0.5) is 4.39 Å². The molecule has 0 saturated heterocycles. The number of nitrogens with one attached hydrogen (secondary N) is 1. The first-order valence-electron chi connectivity index (χ1n) is 6.73. The maximum absolute atomic E-state index is 12.9. The van der Waals surface area contributed by atoms with E-state index in [1.807, 2.05) is 24.3 Å². The molecule has 0 bridgehead atoms. The van der Waals surface area contributed by atoms with Gasteiger partial charge < -0.3 is 5.32 Å². The standard InChI is InChI=1S/C16H18ClFN2/c1-3-15(16-9-8-12(18)10-19-16)20-11(2)13-6-4-5-7-14(13)17/h4-11,15,20H,3H2,1-2H3/t11-,15?/m1/s1. The third-order valence-corrected chi connectivity index (χ3v) is 3.68. The first-order chi connectivity index (χ1) is 9.61. The van der Waals surface area contributed by atoms with E-state index in [0.717, 1.165) is 22.7 Å². The summed E-state index contributed by atoms with van der Waals surface area (Å²) in [5.74, 6) is -0.317. The molecule has 0 radical (unpaired) electrons. The summed E-state index contributed by atoms with van der Waals surface area (Å²) in [7, 11) is 0. The minimum Gasteiger partial charge on any atom is -0.302 e. The van der Waals surface area contributed by atoms with Crippen LogP contribution < -0.4 is 5.32 Å². The van der Waals surface area contributed by atoms with Gasteiger partial charge in [0, 0.05) is 17.1 Å². The molecule has 0 aliphatic rings. The number of rotatable bonds is 5. The zero-order valence-corrected chi connectivity index (χ0v) is 12.4. The van der Waals surface area contributed by atoms with Gasteiger partial charge in [0.05, 0.1) is 11.9 Å². The lowest BCUT2D eigenvalue weighted by molar-refractivity contribution is 0.447. The van der Waals surface area contributed by atoms with Gasteiger partial charge in [-0.2, -0.15) is 0 Å². The number of hydrogen-bond acceptors (Lipinski definition) is 2. The van der Waals surface area contributed by atoms with Crippen molar-refractivity contribution in [2.75, 3.05) is 0 Å². The van der Waals surface area contributed by atoms with E-state index >= 15 is 0 Å². The van der Waals surface area contributed by atoms with E-state index in [1.54, 1.807) is 6.07 Å². The van der Waals surface area contributed by atoms with Gasteiger partial charge in [-0.3, -0.25) is 4.98 Å². The smallest absolute Gasteiger partial charge is 0.141 e. The fraction of sp³-hybridized carbons (Fsp3) is 0.312. The SMILES string of the molecule is CCC(N[C@H](C)c1ccccc1Cl)c1ccc(F)cn1. The maximum atomic E-state index is 12.9. The topological polar surface area (TPSA) is 24.9 Å². The van der Waals surface area contributed by atoms with Crippen LogP contribution in [0.15, 0.2) is 42.6 Å². The Morgan fingerprint density at radius 1 is 1.25 bits per heavy atom. The lowest BCUT2D eigenvalue weighted by atomic mass is 10.0. The second-order valence-electron chi connectivity index (χ2n) is 4.77. The molecule has 1 N–H and O–H groups in total. The Bertz CT molecular complexity index is 557. The predicted molar refractivity (Wildman–Crippen MR) is 80.2 cm³/mol. The molecular formula is C16H18ClFN2. The van der Waals surface area contributed by atoms with E-state index in [-0.39, 0.29) is 17.9 Å². The minimum atomic E-state index is -0.317. The van der Waals surface area contributed by atoms with Gasteiger partial charge in [-0.15, -0.1) is 0 Å². The molecule has 1 unspecified atom stereocenters. The first-order valence-corrected chi connectivity index (χ1v) is 7.11. The number of benzene rings is 1. The number of halogens is 2. The Hall–Kier alpha value is -1.45. The van der Waals surface area contributed by atoms with Gasteiger partial charge in [0.2, 0.25) is 0 Å². The minimum absolute atomic E-state index is 0.0712. The van der Waals surface area contributed by atoms with Gasteiger partial charge in [-0.05, 0) is 37.1 Å². The summed E-state index contributed by atoms with van der Waals surface area (Å²) in [6, 6.07) is 11.1. The molecule has 1 aromatic carbocycles. The van der Waals surface area contributed by atoms with Crippen molar-refractivity contribution in [3.8, 4) is 0 Å². The number of aromatic nitrogens is 1. The molecule has 0 amide bonds. The largest absolute Gasteiger partial charge is 0.302 e. The number of pyridine rings is 1. The van der Waals surface area contributed by atoms with Crippen molar-refractivity contribution < 1.29 is 4.39 Å². The van der Waals surface area contributed by atoms with Crippen LogP contribution in [0.25, 0.3) is 0 Å². The van der Waals surface area contributed by atoms with E-state index in [2.05, 4.69) is 24.1 Å². The second kappa shape index (κ2) is 6.82. The molecule has 1 aromatic heterocycles. The Morgan fingerprint density at radius 3 is 2.60 bits per heavy atom. The molecule has 0 fully saturated rings. The van der Waals surface area contributed by atoms with Gasteiger partial charge in [0.15, 0.2) is 0 Å². The normalized spacial score (nSPS) is 14.0. The molecule has 20 heavy (non-hydrogen) atoms. The molecule has 4 heteroatoms. The molecule has 2 nitrogen and oxygen atoms in total. The summed E-state index contributed by atoms with van der Waals surface area (Å²) < 4.78 is 12.9. The fourth-order valence-electron chi connectivity index (χ4n) is 2.22. The van der Waals surface area contributed by atoms with Crippen LogP contribution in [-0.4, -0.2) is 4.98 Å². The maximum Gasteiger partial charge on any atom is 0.141 e. The van der Waals surface area contributed by atoms with Crippen LogP contribution in [0.1, 0.15) is 43.6 Å².